The summed E-state index contributed by atoms with van der Waals surface area (Å²) >= 11 is 0. The summed E-state index contributed by atoms with van der Waals surface area (Å²) < 4.78 is 14.0. The van der Waals surface area contributed by atoms with E-state index in [9.17, 15) is 81.5 Å². The van der Waals surface area contributed by atoms with Gasteiger partial charge in [-0.2, -0.15) is 0 Å². The van der Waals surface area contributed by atoms with E-state index < -0.39 is 94.0 Å². The molecule has 0 saturated carbocycles. The molecule has 0 aromatic heterocycles. The average molecular weight is 677 g/mol. The van der Waals surface area contributed by atoms with Gasteiger partial charge in [0.2, 0.25) is 0 Å². The number of rotatable bonds is 1. The molecule has 0 radical (unpaired) electrons. The van der Waals surface area contributed by atoms with E-state index in [-0.39, 0.29) is 0 Å². The van der Waals surface area contributed by atoms with Gasteiger partial charge in [-0.1, -0.05) is 0 Å². The molecule has 32 heavy (non-hydrogen) atoms. The van der Waals surface area contributed by atoms with Crippen molar-refractivity contribution >= 4 is 94.0 Å². The van der Waals surface area contributed by atoms with E-state index >= 15 is 0 Å². The summed E-state index contributed by atoms with van der Waals surface area (Å²) in [6.07, 6.45) is 0. The Morgan fingerprint density at radius 1 is 0.562 bits per heavy atom. The third-order valence-electron chi connectivity index (χ3n) is 5.74. The van der Waals surface area contributed by atoms with Crippen LogP contribution >= 0.6 is 0 Å². The van der Waals surface area contributed by atoms with Crippen LogP contribution in [0, 0.1) is 0 Å². The van der Waals surface area contributed by atoms with E-state index in [0.29, 0.717) is 0 Å². The van der Waals surface area contributed by atoms with Crippen molar-refractivity contribution in [3.63, 3.8) is 0 Å². The third-order valence-corrected chi connectivity index (χ3v) is 147. The van der Waals surface area contributed by atoms with Crippen molar-refractivity contribution in [1.82, 2.24) is 0 Å². The smallest absolute Gasteiger partial charge is 0.426 e. The maximum absolute atomic E-state index is 11.0. The molecule has 7 atom stereocenters. The van der Waals surface area contributed by atoms with Gasteiger partial charge in [-0.25, -0.2) is 0 Å². The fraction of sp³-hybridized carbons (Fsp3) is 0. The quantitative estimate of drug-likeness (QED) is 0.115. The molecular weight excluding hydrogens is 657 g/mol. The van der Waals surface area contributed by atoms with E-state index in [4.69, 9.17) is 4.12 Å². The molecule has 3 saturated heterocycles. The maximum Gasteiger partial charge on any atom is 0.426 e. The molecule has 3 aliphatic rings. The van der Waals surface area contributed by atoms with Crippen LogP contribution in [0.5, 0.6) is 0 Å². The van der Waals surface area contributed by atoms with Crippen LogP contribution in [-0.4, -0.2) is 176 Å². The van der Waals surface area contributed by atoms with Crippen LogP contribution in [0.3, 0.4) is 0 Å². The summed E-state index contributed by atoms with van der Waals surface area (Å²) in [5.74, 6) is 0. The van der Waals surface area contributed by atoms with Crippen molar-refractivity contribution in [2.24, 2.45) is 0 Å². The molecule has 3 aliphatic heterocycles. The summed E-state index contributed by atoms with van der Waals surface area (Å²) in [6, 6.07) is 0. The minimum atomic E-state index is -6.69. The van der Waals surface area contributed by atoms with Crippen LogP contribution in [0.2, 0.25) is 0 Å². The molecule has 20 nitrogen and oxygen atoms in total. The van der Waals surface area contributed by atoms with Crippen LogP contribution in [0.1, 0.15) is 0 Å². The molecule has 3 rings (SSSR count). The third kappa shape index (κ3) is 2.70. The van der Waals surface area contributed by atoms with Gasteiger partial charge in [0.15, 0.2) is 0 Å². The van der Waals surface area contributed by atoms with Crippen LogP contribution in [-0.2, 0) is 12.3 Å². The highest BCUT2D eigenvalue weighted by Gasteiger charge is 3.08. The van der Waals surface area contributed by atoms with Crippen LogP contribution in [0.4, 0.5) is 0 Å². The second-order valence-electron chi connectivity index (χ2n) is 7.57. The van der Waals surface area contributed by atoms with Crippen molar-refractivity contribution in [3.8, 4) is 0 Å². The van der Waals surface area contributed by atoms with Crippen molar-refractivity contribution in [2.45, 2.75) is 0 Å². The zero-order chi connectivity index (χ0) is 25.4. The minimum Gasteiger partial charge on any atom is -0.431 e. The van der Waals surface area contributed by atoms with Gasteiger partial charge in [0.1, 0.15) is 0 Å². The molecule has 4 bridgehead atoms. The van der Waals surface area contributed by atoms with Gasteiger partial charge in [0.25, 0.3) is 8.08 Å². The van der Waals surface area contributed by atoms with Crippen LogP contribution < -0.4 is 0 Å². The van der Waals surface area contributed by atoms with Crippen molar-refractivity contribution in [1.29, 1.82) is 0 Å². The Balaban J connectivity index is 2.60. The topological polar surface area (TPSA) is 372 Å². The average Bonchev–Trinajstić information content (AvgIpc) is 2.63. The predicted molar refractivity (Wildman–Crippen MR) is 114 cm³/mol. The highest BCUT2D eigenvalue weighted by Crippen LogP contribution is 2.49. The Hall–Kier alpha value is 1.80. The van der Waals surface area contributed by atoms with E-state index in [2.05, 4.69) is 8.23 Å². The standard InChI is InChI=1S/H20O20Si12/c1-21(2)28(13)19-31(16)25(7,8)30(15)18-22(3)24(5,6)29(14,23(28)4)20-32(17,26(30,9)10)27(31,11)12/h1-17,21-23H. The fourth-order valence-electron chi connectivity index (χ4n) is 3.61. The molecule has 188 valence electrons. The number of hydrogen-bond acceptors (Lipinski definition) is 20. The lowest BCUT2D eigenvalue weighted by Gasteiger charge is -2.63. The molecule has 0 aromatic rings. The Bertz CT molecular complexity index is 792. The normalized spacial score (nSPS) is 53.4. The molecule has 0 spiro atoms. The van der Waals surface area contributed by atoms with Crippen LogP contribution in [0.25, 0.3) is 0 Å². The fourth-order valence-corrected chi connectivity index (χ4v) is 241. The lowest BCUT2D eigenvalue weighted by atomic mass is 15.7. The molecule has 3 heterocycles. The summed E-state index contributed by atoms with van der Waals surface area (Å²) in [6.45, 7) is 0. The zero-order valence-corrected chi connectivity index (χ0v) is 27.5. The first-order valence-corrected chi connectivity index (χ1v) is 41.7. The molecule has 0 amide bonds. The van der Waals surface area contributed by atoms with Gasteiger partial charge in [0.05, 0.1) is 0 Å². The van der Waals surface area contributed by atoms with Crippen molar-refractivity contribution in [2.75, 3.05) is 0 Å². The first kappa shape index (κ1) is 28.4. The first-order chi connectivity index (χ1) is 13.9. The molecule has 3 fully saturated rings. The number of hydrogen-bond donors (Lipinski definition) is 17. The summed E-state index contributed by atoms with van der Waals surface area (Å²) in [4.78, 5) is 181. The first-order valence-electron chi connectivity index (χ1n) is 8.10. The summed E-state index contributed by atoms with van der Waals surface area (Å²) in [5.41, 5.74) is 0. The van der Waals surface area contributed by atoms with Gasteiger partial charge in [-0.15, -0.1) is 0 Å². The number of fused-ring (bicyclic) bond motifs is 3. The van der Waals surface area contributed by atoms with E-state index in [1.807, 2.05) is 0 Å². The molecule has 17 N–H and O–H groups in total. The van der Waals surface area contributed by atoms with Gasteiger partial charge >= 0.3 is 86.0 Å². The van der Waals surface area contributed by atoms with Gasteiger partial charge in [0, 0.05) is 0 Å². The van der Waals surface area contributed by atoms with Gasteiger partial charge in [-0.3, -0.25) is 0 Å². The lowest BCUT2D eigenvalue weighted by molar-refractivity contribution is 0.226. The Labute approximate surface area is 187 Å². The minimum absolute atomic E-state index is 4.57. The van der Waals surface area contributed by atoms with Gasteiger partial charge in [-0.05, 0) is 0 Å². The Morgan fingerprint density at radius 3 is 1.34 bits per heavy atom. The van der Waals surface area contributed by atoms with Crippen LogP contribution in [0.15, 0.2) is 0 Å². The summed E-state index contributed by atoms with van der Waals surface area (Å²) in [7, 11) is -73.4. The molecule has 32 heteroatoms. The predicted octanol–water partition coefficient (Wildman–Crippen LogP) is -15.0. The van der Waals surface area contributed by atoms with Crippen molar-refractivity contribution < 1.29 is 93.9 Å². The summed E-state index contributed by atoms with van der Waals surface area (Å²) in [5, 5.41) is 0. The highest BCUT2D eigenvalue weighted by molar-refractivity contribution is 8.06. The molecular formula is H20O20Si12. The maximum atomic E-state index is 11.0. The zero-order valence-electron chi connectivity index (χ0n) is 15.1. The van der Waals surface area contributed by atoms with Gasteiger partial charge < -0.3 is 93.9 Å². The molecule has 0 aliphatic carbocycles. The van der Waals surface area contributed by atoms with E-state index in [1.165, 1.54) is 0 Å². The van der Waals surface area contributed by atoms with E-state index in [1.54, 1.807) is 0 Å². The molecule has 0 aromatic carbocycles. The largest absolute Gasteiger partial charge is 0.431 e. The monoisotopic (exact) mass is 676 g/mol. The molecule has 7 unspecified atom stereocenters. The Morgan fingerprint density at radius 2 is 0.938 bits per heavy atom. The second kappa shape index (κ2) is 7.22. The van der Waals surface area contributed by atoms with E-state index in [0.717, 1.165) is 0 Å². The van der Waals surface area contributed by atoms with Crippen molar-refractivity contribution in [3.05, 3.63) is 0 Å². The lowest BCUT2D eigenvalue weighted by Crippen LogP contribution is -3.15. The SMILES string of the molecule is O[SiH](O)[Si]1(O)O[Si]2(O)[Si](O)(O)[Si]3(O)O[SiH](O)[Si](O)(O)[Si](O)(O[Si](O)([Si]3(O)O)[Si]2(O)O)[SiH]1O. The second-order valence-corrected chi connectivity index (χ2v) is 86.0. The highest BCUT2D eigenvalue weighted by atomic mass is 30.2. The Kier molecular flexibility index (Phi) is 6.40.